The predicted octanol–water partition coefficient (Wildman–Crippen LogP) is 1.88. The van der Waals surface area contributed by atoms with Crippen molar-refractivity contribution in [3.63, 3.8) is 0 Å². The molecule has 1 aliphatic rings. The molecule has 1 fully saturated rings. The van der Waals surface area contributed by atoms with Crippen LogP contribution in [0.2, 0.25) is 0 Å². The Labute approximate surface area is 101 Å². The average Bonchev–Trinajstić information content (AvgIpc) is 2.29. The van der Waals surface area contributed by atoms with E-state index < -0.39 is 0 Å². The summed E-state index contributed by atoms with van der Waals surface area (Å²) in [6, 6.07) is 1.35. The predicted molar refractivity (Wildman–Crippen MR) is 68.8 cm³/mol. The molecule has 1 saturated heterocycles. The standard InChI is InChI=1S/C13H28N2O/c1-4-8-15(12(2)3)9-7-14-13-5-10-16-11-6-13/h12-14H,4-11H2,1-3H3. The first kappa shape index (κ1) is 13.9. The lowest BCUT2D eigenvalue weighted by Crippen LogP contribution is -2.42. The van der Waals surface area contributed by atoms with Crippen molar-refractivity contribution in [2.75, 3.05) is 32.8 Å². The van der Waals surface area contributed by atoms with Crippen LogP contribution in [0.15, 0.2) is 0 Å². The van der Waals surface area contributed by atoms with Gasteiger partial charge in [0.25, 0.3) is 0 Å². The lowest BCUT2D eigenvalue weighted by Gasteiger charge is -2.28. The van der Waals surface area contributed by atoms with E-state index in [1.807, 2.05) is 0 Å². The van der Waals surface area contributed by atoms with Crippen LogP contribution >= 0.6 is 0 Å². The van der Waals surface area contributed by atoms with E-state index in [0.717, 1.165) is 19.8 Å². The fourth-order valence-corrected chi connectivity index (χ4v) is 2.23. The van der Waals surface area contributed by atoms with Crippen LogP contribution in [0, 0.1) is 0 Å². The molecule has 3 heteroatoms. The van der Waals surface area contributed by atoms with Crippen molar-refractivity contribution in [1.82, 2.24) is 10.2 Å². The Morgan fingerprint density at radius 3 is 2.50 bits per heavy atom. The van der Waals surface area contributed by atoms with Gasteiger partial charge in [0.15, 0.2) is 0 Å². The third-order valence-electron chi connectivity index (χ3n) is 3.29. The zero-order chi connectivity index (χ0) is 11.8. The molecule has 0 amide bonds. The largest absolute Gasteiger partial charge is 0.381 e. The molecule has 1 heterocycles. The molecule has 96 valence electrons. The molecule has 1 N–H and O–H groups in total. The minimum Gasteiger partial charge on any atom is -0.381 e. The number of hydrogen-bond donors (Lipinski definition) is 1. The van der Waals surface area contributed by atoms with Crippen molar-refractivity contribution in [2.24, 2.45) is 0 Å². The summed E-state index contributed by atoms with van der Waals surface area (Å²) in [5.41, 5.74) is 0. The van der Waals surface area contributed by atoms with Gasteiger partial charge >= 0.3 is 0 Å². The van der Waals surface area contributed by atoms with Crippen LogP contribution in [0.5, 0.6) is 0 Å². The number of rotatable bonds is 7. The van der Waals surface area contributed by atoms with Gasteiger partial charge in [-0.2, -0.15) is 0 Å². The third kappa shape index (κ3) is 5.28. The normalized spacial score (nSPS) is 18.6. The van der Waals surface area contributed by atoms with Crippen LogP contribution in [0.25, 0.3) is 0 Å². The van der Waals surface area contributed by atoms with E-state index in [4.69, 9.17) is 4.74 Å². The topological polar surface area (TPSA) is 24.5 Å². The first-order valence-corrected chi connectivity index (χ1v) is 6.79. The van der Waals surface area contributed by atoms with Crippen LogP contribution in [0.3, 0.4) is 0 Å². The maximum absolute atomic E-state index is 5.35. The third-order valence-corrected chi connectivity index (χ3v) is 3.29. The highest BCUT2D eigenvalue weighted by molar-refractivity contribution is 4.71. The van der Waals surface area contributed by atoms with Crippen molar-refractivity contribution in [3.05, 3.63) is 0 Å². The quantitative estimate of drug-likeness (QED) is 0.720. The Bertz CT molecular complexity index is 167. The summed E-state index contributed by atoms with van der Waals surface area (Å²) in [6.45, 7) is 12.2. The van der Waals surface area contributed by atoms with Gasteiger partial charge in [-0.25, -0.2) is 0 Å². The Morgan fingerprint density at radius 2 is 1.94 bits per heavy atom. The molecule has 0 aromatic heterocycles. The summed E-state index contributed by atoms with van der Waals surface area (Å²) < 4.78 is 5.35. The zero-order valence-corrected chi connectivity index (χ0v) is 11.2. The van der Waals surface area contributed by atoms with Gasteiger partial charge in [0, 0.05) is 38.4 Å². The van der Waals surface area contributed by atoms with Crippen molar-refractivity contribution in [1.29, 1.82) is 0 Å². The molecular weight excluding hydrogens is 200 g/mol. The highest BCUT2D eigenvalue weighted by Crippen LogP contribution is 2.06. The van der Waals surface area contributed by atoms with Crippen LogP contribution in [0.1, 0.15) is 40.0 Å². The van der Waals surface area contributed by atoms with Crippen LogP contribution < -0.4 is 5.32 Å². The molecule has 0 aliphatic carbocycles. The summed E-state index contributed by atoms with van der Waals surface area (Å²) in [5, 5.41) is 3.64. The molecule has 0 saturated carbocycles. The SMILES string of the molecule is CCCN(CCNC1CCOCC1)C(C)C. The van der Waals surface area contributed by atoms with Gasteiger partial charge in [-0.1, -0.05) is 6.92 Å². The molecule has 0 bridgehead atoms. The lowest BCUT2D eigenvalue weighted by molar-refractivity contribution is 0.0768. The van der Waals surface area contributed by atoms with Crippen LogP contribution in [0.4, 0.5) is 0 Å². The van der Waals surface area contributed by atoms with E-state index >= 15 is 0 Å². The summed E-state index contributed by atoms with van der Waals surface area (Å²) >= 11 is 0. The van der Waals surface area contributed by atoms with Gasteiger partial charge in [-0.15, -0.1) is 0 Å². The Kier molecular flexibility index (Phi) is 7.01. The van der Waals surface area contributed by atoms with Gasteiger partial charge in [-0.05, 0) is 39.7 Å². The highest BCUT2D eigenvalue weighted by atomic mass is 16.5. The molecule has 0 aromatic carbocycles. The molecule has 1 rings (SSSR count). The molecule has 0 aromatic rings. The average molecular weight is 228 g/mol. The van der Waals surface area contributed by atoms with E-state index in [2.05, 4.69) is 31.0 Å². The number of hydrogen-bond acceptors (Lipinski definition) is 3. The van der Waals surface area contributed by atoms with Crippen LogP contribution in [-0.4, -0.2) is 49.8 Å². The maximum atomic E-state index is 5.35. The number of nitrogens with zero attached hydrogens (tertiary/aromatic N) is 1. The van der Waals surface area contributed by atoms with Gasteiger partial charge in [-0.3, -0.25) is 4.90 Å². The van der Waals surface area contributed by atoms with E-state index in [1.165, 1.54) is 32.4 Å². The second-order valence-corrected chi connectivity index (χ2v) is 4.97. The number of ether oxygens (including phenoxy) is 1. The molecule has 0 spiro atoms. The summed E-state index contributed by atoms with van der Waals surface area (Å²) in [5.74, 6) is 0. The molecule has 16 heavy (non-hydrogen) atoms. The van der Waals surface area contributed by atoms with Crippen molar-refractivity contribution in [3.8, 4) is 0 Å². The zero-order valence-electron chi connectivity index (χ0n) is 11.2. The molecule has 0 unspecified atom stereocenters. The fraction of sp³-hybridized carbons (Fsp3) is 1.00. The van der Waals surface area contributed by atoms with Gasteiger partial charge in [0.05, 0.1) is 0 Å². The minimum atomic E-state index is 0.663. The second-order valence-electron chi connectivity index (χ2n) is 4.97. The van der Waals surface area contributed by atoms with Crippen LogP contribution in [-0.2, 0) is 4.74 Å². The minimum absolute atomic E-state index is 0.663. The smallest absolute Gasteiger partial charge is 0.0480 e. The molecular formula is C13H28N2O. The molecule has 3 nitrogen and oxygen atoms in total. The van der Waals surface area contributed by atoms with E-state index in [9.17, 15) is 0 Å². The van der Waals surface area contributed by atoms with Crippen molar-refractivity contribution < 1.29 is 4.74 Å². The first-order valence-electron chi connectivity index (χ1n) is 6.79. The molecule has 1 aliphatic heterocycles. The van der Waals surface area contributed by atoms with Crippen molar-refractivity contribution >= 4 is 0 Å². The summed E-state index contributed by atoms with van der Waals surface area (Å²) in [4.78, 5) is 2.55. The Morgan fingerprint density at radius 1 is 1.25 bits per heavy atom. The van der Waals surface area contributed by atoms with E-state index in [-0.39, 0.29) is 0 Å². The summed E-state index contributed by atoms with van der Waals surface area (Å²) in [6.07, 6.45) is 3.60. The first-order chi connectivity index (χ1) is 7.74. The second kappa shape index (κ2) is 8.04. The lowest BCUT2D eigenvalue weighted by atomic mass is 10.1. The summed E-state index contributed by atoms with van der Waals surface area (Å²) in [7, 11) is 0. The molecule has 0 atom stereocenters. The van der Waals surface area contributed by atoms with E-state index in [0.29, 0.717) is 12.1 Å². The van der Waals surface area contributed by atoms with E-state index in [1.54, 1.807) is 0 Å². The van der Waals surface area contributed by atoms with Gasteiger partial charge in [0.1, 0.15) is 0 Å². The van der Waals surface area contributed by atoms with Gasteiger partial charge < -0.3 is 10.1 Å². The fourth-order valence-electron chi connectivity index (χ4n) is 2.23. The van der Waals surface area contributed by atoms with Gasteiger partial charge in [0.2, 0.25) is 0 Å². The monoisotopic (exact) mass is 228 g/mol. The number of nitrogens with one attached hydrogen (secondary N) is 1. The van der Waals surface area contributed by atoms with Crippen molar-refractivity contribution in [2.45, 2.75) is 52.1 Å². The highest BCUT2D eigenvalue weighted by Gasteiger charge is 2.13. The maximum Gasteiger partial charge on any atom is 0.0480 e. The Hall–Kier alpha value is -0.120. The Balaban J connectivity index is 2.11. The molecule has 0 radical (unpaired) electrons.